The van der Waals surface area contributed by atoms with Crippen molar-refractivity contribution < 1.29 is 4.43 Å². The molecule has 0 bridgehead atoms. The molecule has 0 unspecified atom stereocenters. The van der Waals surface area contributed by atoms with E-state index in [2.05, 4.69) is 63.4 Å². The lowest BCUT2D eigenvalue weighted by atomic mass is 10.1. The van der Waals surface area contributed by atoms with Crippen LogP contribution >= 0.6 is 22.6 Å². The van der Waals surface area contributed by atoms with Gasteiger partial charge in [-0.15, -0.1) is 0 Å². The predicted molar refractivity (Wildman–Crippen MR) is 108 cm³/mol. The van der Waals surface area contributed by atoms with Gasteiger partial charge in [-0.3, -0.25) is 0 Å². The molecule has 0 aliphatic carbocycles. The number of halogens is 1. The molecule has 0 saturated heterocycles. The van der Waals surface area contributed by atoms with E-state index in [0.29, 0.717) is 11.1 Å². The normalized spacial score (nSPS) is 14.4. The van der Waals surface area contributed by atoms with Gasteiger partial charge in [0.1, 0.15) is 0 Å². The molecule has 1 atom stereocenters. The van der Waals surface area contributed by atoms with Crippen LogP contribution in [0.4, 0.5) is 0 Å². The van der Waals surface area contributed by atoms with Gasteiger partial charge in [0.15, 0.2) is 8.32 Å². The highest BCUT2D eigenvalue weighted by Gasteiger charge is 2.38. The van der Waals surface area contributed by atoms with Crippen LogP contribution in [0.15, 0.2) is 0 Å². The molecule has 0 rings (SSSR count). The summed E-state index contributed by atoms with van der Waals surface area (Å²) < 4.78 is 7.68. The molecule has 0 aromatic heterocycles. The van der Waals surface area contributed by atoms with Crippen molar-refractivity contribution in [3.8, 4) is 0 Å². The van der Waals surface area contributed by atoms with Gasteiger partial charge in [0.2, 0.25) is 0 Å². The van der Waals surface area contributed by atoms with E-state index in [1.165, 1.54) is 57.8 Å². The second-order valence-electron chi connectivity index (χ2n) is 7.92. The van der Waals surface area contributed by atoms with Gasteiger partial charge in [0.25, 0.3) is 0 Å². The van der Waals surface area contributed by atoms with Crippen LogP contribution < -0.4 is 0 Å². The monoisotopic (exact) mass is 426 g/mol. The number of alkyl halides is 1. The maximum absolute atomic E-state index is 6.54. The third-order valence-electron chi connectivity index (χ3n) is 4.82. The predicted octanol–water partition coefficient (Wildman–Crippen LogP) is 7.34. The molecule has 21 heavy (non-hydrogen) atoms. The first kappa shape index (κ1) is 21.9. The number of hydrogen-bond acceptors (Lipinski definition) is 1. The van der Waals surface area contributed by atoms with Crippen molar-refractivity contribution >= 4 is 30.9 Å². The van der Waals surface area contributed by atoms with Crippen LogP contribution in [0, 0.1) is 0 Å². The van der Waals surface area contributed by atoms with Crippen molar-refractivity contribution in [1.29, 1.82) is 0 Å². The van der Waals surface area contributed by atoms with Crippen molar-refractivity contribution in [2.24, 2.45) is 0 Å². The van der Waals surface area contributed by atoms with Crippen molar-refractivity contribution in [2.45, 2.75) is 110 Å². The maximum Gasteiger partial charge on any atom is 0.192 e. The Morgan fingerprint density at radius 2 is 1.38 bits per heavy atom. The topological polar surface area (TPSA) is 9.23 Å². The van der Waals surface area contributed by atoms with E-state index in [9.17, 15) is 0 Å². The van der Waals surface area contributed by atoms with Gasteiger partial charge in [-0.05, 0) is 24.6 Å². The van der Waals surface area contributed by atoms with Crippen LogP contribution in [0.25, 0.3) is 0 Å². The summed E-state index contributed by atoms with van der Waals surface area (Å²) in [6, 6.07) is 0. The highest BCUT2D eigenvalue weighted by Crippen LogP contribution is 2.38. The van der Waals surface area contributed by atoms with E-state index >= 15 is 0 Å². The Bertz CT molecular complexity index is 248. The molecular weight excluding hydrogens is 387 g/mol. The highest BCUT2D eigenvalue weighted by atomic mass is 127. The molecule has 0 aromatic rings. The fourth-order valence-electron chi connectivity index (χ4n) is 2.27. The molecule has 0 saturated carbocycles. The summed E-state index contributed by atoms with van der Waals surface area (Å²) in [5, 5.41) is 0.330. The Balaban J connectivity index is 3.81. The average molecular weight is 426 g/mol. The van der Waals surface area contributed by atoms with Gasteiger partial charge < -0.3 is 4.43 Å². The highest BCUT2D eigenvalue weighted by molar-refractivity contribution is 14.1. The zero-order valence-electron chi connectivity index (χ0n) is 15.4. The molecule has 128 valence electrons. The average Bonchev–Trinajstić information content (AvgIpc) is 2.39. The molecule has 1 nitrogen and oxygen atoms in total. The molecule has 0 N–H and O–H groups in total. The summed E-state index contributed by atoms with van der Waals surface area (Å²) >= 11 is 2.50. The van der Waals surface area contributed by atoms with E-state index in [4.69, 9.17) is 4.43 Å². The summed E-state index contributed by atoms with van der Waals surface area (Å²) in [5.41, 5.74) is 0. The first-order chi connectivity index (χ1) is 9.74. The van der Waals surface area contributed by atoms with Gasteiger partial charge in [0.05, 0.1) is 6.10 Å². The van der Waals surface area contributed by atoms with Crippen LogP contribution in [0.3, 0.4) is 0 Å². The lowest BCUT2D eigenvalue weighted by molar-refractivity contribution is 0.192. The molecule has 0 spiro atoms. The second-order valence-corrected chi connectivity index (χ2v) is 13.6. The molecule has 0 aliphatic rings. The fraction of sp³-hybridized carbons (Fsp3) is 1.00. The minimum Gasteiger partial charge on any atom is -0.413 e. The van der Waals surface area contributed by atoms with E-state index in [-0.39, 0.29) is 0 Å². The molecule has 0 aliphatic heterocycles. The zero-order chi connectivity index (χ0) is 16.4. The summed E-state index contributed by atoms with van der Waals surface area (Å²) in [6.45, 7) is 14.0. The minimum atomic E-state index is -1.58. The van der Waals surface area contributed by atoms with E-state index in [0.717, 1.165) is 4.43 Å². The smallest absolute Gasteiger partial charge is 0.192 e. The summed E-state index contributed by atoms with van der Waals surface area (Å²) in [7, 11) is -1.58. The molecule has 0 radical (unpaired) electrons. The van der Waals surface area contributed by atoms with Gasteiger partial charge in [0, 0.05) is 4.43 Å². The molecule has 0 amide bonds. The minimum absolute atomic E-state index is 0.330. The summed E-state index contributed by atoms with van der Waals surface area (Å²) in [6.07, 6.45) is 12.9. The second kappa shape index (κ2) is 11.4. The third kappa shape index (κ3) is 10.3. The number of unbranched alkanes of at least 4 members (excludes halogenated alkanes) is 7. The Hall–Kier alpha value is 0.907. The first-order valence-corrected chi connectivity index (χ1v) is 13.4. The van der Waals surface area contributed by atoms with E-state index < -0.39 is 8.32 Å². The van der Waals surface area contributed by atoms with Crippen molar-refractivity contribution in [3.05, 3.63) is 0 Å². The van der Waals surface area contributed by atoms with Crippen LogP contribution in [0.2, 0.25) is 18.1 Å². The van der Waals surface area contributed by atoms with Crippen LogP contribution in [0.5, 0.6) is 0 Å². The van der Waals surface area contributed by atoms with Gasteiger partial charge in [-0.25, -0.2) is 0 Å². The maximum atomic E-state index is 6.54. The first-order valence-electron chi connectivity index (χ1n) is 8.98. The van der Waals surface area contributed by atoms with E-state index in [1.807, 2.05) is 0 Å². The number of rotatable bonds is 12. The Labute approximate surface area is 149 Å². The number of hydrogen-bond donors (Lipinski definition) is 0. The standard InChI is InChI=1S/C18H39IOSi/c1-7-8-9-10-11-12-13-14-15-17(16-19)20-21(5,6)18(2,3)4/h17H,7-16H2,1-6H3/t17-/m1/s1. The lowest BCUT2D eigenvalue weighted by Gasteiger charge is -2.39. The Kier molecular flexibility index (Phi) is 11.9. The molecule has 3 heteroatoms. The SMILES string of the molecule is CCCCCCCCCC[C@H](CI)O[Si](C)(C)C(C)(C)C. The van der Waals surface area contributed by atoms with Crippen LogP contribution in [-0.2, 0) is 4.43 Å². The fourth-order valence-corrected chi connectivity index (χ4v) is 4.61. The molecule has 0 heterocycles. The largest absolute Gasteiger partial charge is 0.413 e. The van der Waals surface area contributed by atoms with Crippen molar-refractivity contribution in [1.82, 2.24) is 0 Å². The van der Waals surface area contributed by atoms with Crippen molar-refractivity contribution in [3.63, 3.8) is 0 Å². The van der Waals surface area contributed by atoms with Gasteiger partial charge >= 0.3 is 0 Å². The van der Waals surface area contributed by atoms with Crippen LogP contribution in [-0.4, -0.2) is 18.8 Å². The van der Waals surface area contributed by atoms with Crippen LogP contribution in [0.1, 0.15) is 85.5 Å². The van der Waals surface area contributed by atoms with Crippen molar-refractivity contribution in [2.75, 3.05) is 4.43 Å². The third-order valence-corrected chi connectivity index (χ3v) is 10.3. The van der Waals surface area contributed by atoms with E-state index in [1.54, 1.807) is 0 Å². The Morgan fingerprint density at radius 3 is 1.81 bits per heavy atom. The summed E-state index contributed by atoms with van der Waals surface area (Å²) in [4.78, 5) is 0. The van der Waals surface area contributed by atoms with Gasteiger partial charge in [-0.2, -0.15) is 0 Å². The zero-order valence-corrected chi connectivity index (χ0v) is 18.6. The molecular formula is C18H39IOSi. The molecule has 0 fully saturated rings. The van der Waals surface area contributed by atoms with Gasteiger partial charge in [-0.1, -0.05) is 102 Å². The summed E-state index contributed by atoms with van der Waals surface area (Å²) in [5.74, 6) is 0. The quantitative estimate of drug-likeness (QED) is 0.137. The Morgan fingerprint density at radius 1 is 0.905 bits per heavy atom. The lowest BCUT2D eigenvalue weighted by Crippen LogP contribution is -2.44. The molecule has 0 aromatic carbocycles.